The highest BCUT2D eigenvalue weighted by molar-refractivity contribution is 5.72. The van der Waals surface area contributed by atoms with E-state index < -0.39 is 12.1 Å². The summed E-state index contributed by atoms with van der Waals surface area (Å²) in [5.41, 5.74) is 0. The second kappa shape index (κ2) is 24.0. The molecule has 186 valence electrons. The highest BCUT2D eigenvalue weighted by Gasteiger charge is 2.17. The quantitative estimate of drug-likeness (QED) is 0.147. The molecule has 31 heavy (non-hydrogen) atoms. The lowest BCUT2D eigenvalue weighted by molar-refractivity contribution is -0.151. The Labute approximate surface area is 194 Å². The summed E-state index contributed by atoms with van der Waals surface area (Å²) in [6, 6.07) is 0. The molecule has 0 aromatic carbocycles. The Morgan fingerprint density at radius 3 is 1.42 bits per heavy atom. The van der Waals surface area contributed by atoms with Gasteiger partial charge in [0.25, 0.3) is 0 Å². The molecular formula is C27H55NO3. The monoisotopic (exact) mass is 441 g/mol. The number of carbonyl (C=O) groups is 1. The molecule has 0 aliphatic rings. The van der Waals surface area contributed by atoms with E-state index in [0.29, 0.717) is 13.0 Å². The van der Waals surface area contributed by atoms with Gasteiger partial charge in [-0.2, -0.15) is 0 Å². The fraction of sp³-hybridized carbons (Fsp3) is 0.963. The van der Waals surface area contributed by atoms with Crippen molar-refractivity contribution in [2.45, 2.75) is 141 Å². The van der Waals surface area contributed by atoms with E-state index in [2.05, 4.69) is 11.8 Å². The summed E-state index contributed by atoms with van der Waals surface area (Å²) >= 11 is 0. The number of hydrogen-bond donors (Lipinski definition) is 1. The lowest BCUT2D eigenvalue weighted by Crippen LogP contribution is -2.26. The Bertz CT molecular complexity index is 373. The van der Waals surface area contributed by atoms with E-state index in [-0.39, 0.29) is 0 Å². The molecule has 0 saturated carbocycles. The number of nitrogens with zero attached hydrogens (tertiary/aromatic N) is 1. The van der Waals surface area contributed by atoms with E-state index in [9.17, 15) is 9.90 Å². The molecule has 0 bridgehead atoms. The molecule has 4 heteroatoms. The average molecular weight is 442 g/mol. The normalized spacial score (nSPS) is 12.5. The van der Waals surface area contributed by atoms with Gasteiger partial charge < -0.3 is 14.7 Å². The zero-order chi connectivity index (χ0) is 23.0. The molecule has 4 nitrogen and oxygen atoms in total. The van der Waals surface area contributed by atoms with E-state index in [1.165, 1.54) is 103 Å². The highest BCUT2D eigenvalue weighted by Crippen LogP contribution is 2.14. The molecule has 1 atom stereocenters. The molecule has 0 aromatic heterocycles. The molecule has 0 heterocycles. The van der Waals surface area contributed by atoms with Crippen LogP contribution in [-0.4, -0.2) is 49.3 Å². The number of unbranched alkanes of at least 4 members (excludes halogenated alkanes) is 17. The Balaban J connectivity index is 3.27. The van der Waals surface area contributed by atoms with E-state index in [1.807, 2.05) is 14.1 Å². The van der Waals surface area contributed by atoms with Gasteiger partial charge in [-0.25, -0.2) is 4.79 Å². The molecular weight excluding hydrogens is 386 g/mol. The van der Waals surface area contributed by atoms with Crippen LogP contribution < -0.4 is 0 Å². The van der Waals surface area contributed by atoms with Crippen molar-refractivity contribution in [3.05, 3.63) is 0 Å². The van der Waals surface area contributed by atoms with Crippen LogP contribution in [0.3, 0.4) is 0 Å². The zero-order valence-electron chi connectivity index (χ0n) is 21.3. The third-order valence-electron chi connectivity index (χ3n) is 6.16. The second-order valence-electron chi connectivity index (χ2n) is 9.65. The minimum Gasteiger partial charge on any atom is -0.479 e. The molecule has 0 rings (SSSR count). The van der Waals surface area contributed by atoms with E-state index >= 15 is 0 Å². The third-order valence-corrected chi connectivity index (χ3v) is 6.16. The van der Waals surface area contributed by atoms with Crippen LogP contribution in [0.15, 0.2) is 0 Å². The van der Waals surface area contributed by atoms with Crippen LogP contribution in [0.1, 0.15) is 135 Å². The number of carboxylic acids is 1. The lowest BCUT2D eigenvalue weighted by atomic mass is 10.0. The molecule has 0 fully saturated rings. The molecule has 0 saturated heterocycles. The minimum atomic E-state index is -0.818. The topological polar surface area (TPSA) is 49.8 Å². The second-order valence-corrected chi connectivity index (χ2v) is 9.65. The maximum atomic E-state index is 11.3. The first-order valence-electron chi connectivity index (χ1n) is 13.6. The van der Waals surface area contributed by atoms with Gasteiger partial charge in [0.15, 0.2) is 6.10 Å². The molecule has 0 radical (unpaired) electrons. The average Bonchev–Trinajstić information content (AvgIpc) is 2.73. The Morgan fingerprint density at radius 2 is 1.06 bits per heavy atom. The highest BCUT2D eigenvalue weighted by atomic mass is 16.5. The van der Waals surface area contributed by atoms with Crippen molar-refractivity contribution in [2.75, 3.05) is 27.2 Å². The van der Waals surface area contributed by atoms with Crippen LogP contribution in [0.4, 0.5) is 0 Å². The number of ether oxygens (including phenoxy) is 1. The fourth-order valence-corrected chi connectivity index (χ4v) is 4.10. The first-order valence-corrected chi connectivity index (χ1v) is 13.6. The summed E-state index contributed by atoms with van der Waals surface area (Å²) < 4.78 is 5.60. The van der Waals surface area contributed by atoms with Gasteiger partial charge >= 0.3 is 5.97 Å². The lowest BCUT2D eigenvalue weighted by Gasteiger charge is -2.15. The predicted molar refractivity (Wildman–Crippen MR) is 134 cm³/mol. The first kappa shape index (κ1) is 30.4. The largest absolute Gasteiger partial charge is 0.479 e. The molecule has 1 unspecified atom stereocenters. The van der Waals surface area contributed by atoms with Crippen molar-refractivity contribution in [3.8, 4) is 0 Å². The van der Waals surface area contributed by atoms with Crippen LogP contribution >= 0.6 is 0 Å². The van der Waals surface area contributed by atoms with Crippen LogP contribution in [0, 0.1) is 0 Å². The van der Waals surface area contributed by atoms with Gasteiger partial charge in [0.1, 0.15) is 0 Å². The van der Waals surface area contributed by atoms with Crippen LogP contribution in [0.25, 0.3) is 0 Å². The van der Waals surface area contributed by atoms with Gasteiger partial charge in [0, 0.05) is 6.61 Å². The van der Waals surface area contributed by atoms with Crippen LogP contribution in [-0.2, 0) is 9.53 Å². The van der Waals surface area contributed by atoms with Gasteiger partial charge in [0.2, 0.25) is 0 Å². The molecule has 1 N–H and O–H groups in total. The number of aliphatic carboxylic acids is 1. The van der Waals surface area contributed by atoms with Crippen molar-refractivity contribution >= 4 is 5.97 Å². The first-order chi connectivity index (χ1) is 15.1. The molecule has 0 aromatic rings. The molecule has 0 aliphatic heterocycles. The summed E-state index contributed by atoms with van der Waals surface area (Å²) in [7, 11) is 4.02. The zero-order valence-corrected chi connectivity index (χ0v) is 21.3. The van der Waals surface area contributed by atoms with Crippen LogP contribution in [0.2, 0.25) is 0 Å². The Morgan fingerprint density at radius 1 is 0.677 bits per heavy atom. The minimum absolute atomic E-state index is 0.581. The fourth-order valence-electron chi connectivity index (χ4n) is 4.10. The molecule has 0 amide bonds. The number of carboxylic acid groups (broad SMARTS) is 1. The van der Waals surface area contributed by atoms with Gasteiger partial charge in [-0.3, -0.25) is 0 Å². The predicted octanol–water partition coefficient (Wildman–Crippen LogP) is 7.84. The molecule has 0 spiro atoms. The number of hydrogen-bond acceptors (Lipinski definition) is 3. The van der Waals surface area contributed by atoms with E-state index in [0.717, 1.165) is 25.8 Å². The summed E-state index contributed by atoms with van der Waals surface area (Å²) in [6.07, 6.45) is 25.3. The van der Waals surface area contributed by atoms with Crippen molar-refractivity contribution in [2.24, 2.45) is 0 Å². The third kappa shape index (κ3) is 23.9. The summed E-state index contributed by atoms with van der Waals surface area (Å²) in [5, 5.41) is 9.25. The summed E-state index contributed by atoms with van der Waals surface area (Å²) in [5.74, 6) is -0.818. The summed E-state index contributed by atoms with van der Waals surface area (Å²) in [4.78, 5) is 13.3. The number of rotatable bonds is 25. The summed E-state index contributed by atoms with van der Waals surface area (Å²) in [6.45, 7) is 3.77. The Kier molecular flexibility index (Phi) is 23.6. The molecule has 0 aliphatic carbocycles. The van der Waals surface area contributed by atoms with Gasteiger partial charge in [-0.15, -0.1) is 0 Å². The van der Waals surface area contributed by atoms with Crippen LogP contribution in [0.5, 0.6) is 0 Å². The van der Waals surface area contributed by atoms with Gasteiger partial charge in [-0.05, 0) is 39.9 Å². The SMILES string of the molecule is CCCCCCCCCCCCCCCCCCCCOC(CCCN(C)C)C(=O)O. The smallest absolute Gasteiger partial charge is 0.332 e. The maximum absolute atomic E-state index is 11.3. The van der Waals surface area contributed by atoms with E-state index in [4.69, 9.17) is 4.74 Å². The van der Waals surface area contributed by atoms with Gasteiger partial charge in [0.05, 0.1) is 0 Å². The van der Waals surface area contributed by atoms with Crippen molar-refractivity contribution in [3.63, 3.8) is 0 Å². The maximum Gasteiger partial charge on any atom is 0.332 e. The standard InChI is InChI=1S/C27H55NO3/c1-4-5-6-7-8-9-10-11-12-13-14-15-16-17-18-19-20-21-25-31-26(27(29)30)23-22-24-28(2)3/h26H,4-25H2,1-3H3,(H,29,30). The Hall–Kier alpha value is -0.610. The van der Waals surface area contributed by atoms with Crippen molar-refractivity contribution in [1.29, 1.82) is 0 Å². The van der Waals surface area contributed by atoms with Crippen molar-refractivity contribution in [1.82, 2.24) is 4.90 Å². The van der Waals surface area contributed by atoms with Crippen molar-refractivity contribution < 1.29 is 14.6 Å². The van der Waals surface area contributed by atoms with E-state index in [1.54, 1.807) is 0 Å². The van der Waals surface area contributed by atoms with Gasteiger partial charge in [-0.1, -0.05) is 116 Å².